The molecule has 3 aromatic rings. The third-order valence-corrected chi connectivity index (χ3v) is 8.98. The van der Waals surface area contributed by atoms with Crippen LogP contribution in [0.3, 0.4) is 0 Å². The van der Waals surface area contributed by atoms with Crippen LogP contribution in [0.25, 0.3) is 18.2 Å². The Balaban J connectivity index is 1.66. The van der Waals surface area contributed by atoms with Gasteiger partial charge < -0.3 is 14.4 Å². The SMILES string of the molecule is CCCCN(CCCC)c1ccc(/C=C/c2ccc(/C=C/C3=C(C#N)C(=C(/C)C#N)/OC3(c3ccccc3)C(F)(F)F)s2)c(OC)c1. The Kier molecular flexibility index (Phi) is 11.7. The third-order valence-electron chi connectivity index (χ3n) is 7.96. The van der Waals surface area contributed by atoms with Gasteiger partial charge in [0, 0.05) is 51.3 Å². The molecule has 0 N–H and O–H groups in total. The Labute approximate surface area is 279 Å². The van der Waals surface area contributed by atoms with Crippen molar-refractivity contribution >= 4 is 35.3 Å². The van der Waals surface area contributed by atoms with Gasteiger partial charge in [-0.25, -0.2) is 0 Å². The molecule has 1 aliphatic heterocycles. The number of unbranched alkanes of at least 4 members (excludes halogenated alkanes) is 2. The van der Waals surface area contributed by atoms with Crippen LogP contribution in [-0.4, -0.2) is 26.4 Å². The van der Waals surface area contributed by atoms with Crippen molar-refractivity contribution in [2.75, 3.05) is 25.1 Å². The molecule has 0 fully saturated rings. The monoisotopic (exact) mass is 657 g/mol. The van der Waals surface area contributed by atoms with Crippen LogP contribution in [0, 0.1) is 22.7 Å². The Morgan fingerprint density at radius 3 is 2.13 bits per heavy atom. The molecule has 0 radical (unpaired) electrons. The molecule has 1 atom stereocenters. The Morgan fingerprint density at radius 2 is 1.57 bits per heavy atom. The number of thiophene rings is 1. The molecule has 2 heterocycles. The van der Waals surface area contributed by atoms with Crippen LogP contribution in [0.5, 0.6) is 5.75 Å². The van der Waals surface area contributed by atoms with Crippen molar-refractivity contribution < 1.29 is 22.6 Å². The van der Waals surface area contributed by atoms with Crippen molar-refractivity contribution in [2.24, 2.45) is 0 Å². The average molecular weight is 658 g/mol. The first kappa shape index (κ1) is 35.1. The van der Waals surface area contributed by atoms with Crippen molar-refractivity contribution in [3.63, 3.8) is 0 Å². The molecular weight excluding hydrogens is 619 g/mol. The minimum absolute atomic E-state index is 0.115. The lowest BCUT2D eigenvalue weighted by Gasteiger charge is -2.33. The minimum atomic E-state index is -4.94. The molecule has 4 rings (SSSR count). The maximum absolute atomic E-state index is 15.0. The summed E-state index contributed by atoms with van der Waals surface area (Å²) in [6, 6.07) is 20.8. The number of methoxy groups -OCH3 is 1. The quantitative estimate of drug-likeness (QED) is 0.171. The molecule has 0 saturated heterocycles. The van der Waals surface area contributed by atoms with Gasteiger partial charge in [0.05, 0.1) is 18.8 Å². The number of rotatable bonds is 13. The van der Waals surface area contributed by atoms with Crippen LogP contribution >= 0.6 is 11.3 Å². The number of hydrogen-bond acceptors (Lipinski definition) is 6. The first-order valence-electron chi connectivity index (χ1n) is 15.6. The normalized spacial score (nSPS) is 17.6. The van der Waals surface area contributed by atoms with Gasteiger partial charge in [-0.2, -0.15) is 23.7 Å². The van der Waals surface area contributed by atoms with E-state index in [1.54, 1.807) is 25.3 Å². The van der Waals surface area contributed by atoms with Crippen molar-refractivity contribution in [3.05, 3.63) is 110 Å². The fourth-order valence-corrected chi connectivity index (χ4v) is 6.25. The lowest BCUT2D eigenvalue weighted by atomic mass is 9.84. The summed E-state index contributed by atoms with van der Waals surface area (Å²) in [5, 5.41) is 19.5. The second kappa shape index (κ2) is 15.7. The molecule has 47 heavy (non-hydrogen) atoms. The zero-order chi connectivity index (χ0) is 34.0. The minimum Gasteiger partial charge on any atom is -0.496 e. The summed E-state index contributed by atoms with van der Waals surface area (Å²) in [6.07, 6.45) is 6.26. The molecular formula is C38H38F3N3O2S. The van der Waals surface area contributed by atoms with Gasteiger partial charge in [0.15, 0.2) is 5.76 Å². The Hall–Kier alpha value is -4.73. The van der Waals surface area contributed by atoms with Crippen molar-refractivity contribution in [1.82, 2.24) is 0 Å². The number of allylic oxidation sites excluding steroid dienone is 2. The van der Waals surface area contributed by atoms with E-state index in [0.29, 0.717) is 4.88 Å². The predicted octanol–water partition coefficient (Wildman–Crippen LogP) is 10.5. The van der Waals surface area contributed by atoms with Crippen LogP contribution in [0.4, 0.5) is 18.9 Å². The van der Waals surface area contributed by atoms with Gasteiger partial charge in [0.25, 0.3) is 5.60 Å². The van der Waals surface area contributed by atoms with E-state index in [9.17, 15) is 10.5 Å². The number of ether oxygens (including phenoxy) is 2. The Morgan fingerprint density at radius 1 is 0.936 bits per heavy atom. The molecule has 0 saturated carbocycles. The van der Waals surface area contributed by atoms with Crippen LogP contribution in [0.15, 0.2) is 89.2 Å². The topological polar surface area (TPSA) is 69.3 Å². The number of anilines is 1. The highest BCUT2D eigenvalue weighted by molar-refractivity contribution is 7.13. The van der Waals surface area contributed by atoms with Gasteiger partial charge in [0.1, 0.15) is 17.4 Å². The van der Waals surface area contributed by atoms with Gasteiger partial charge in [-0.05, 0) is 62.3 Å². The Bertz CT molecular complexity index is 1750. The molecule has 1 aromatic heterocycles. The molecule has 9 heteroatoms. The first-order chi connectivity index (χ1) is 22.6. The average Bonchev–Trinajstić information content (AvgIpc) is 3.69. The number of nitriles is 2. The fourth-order valence-electron chi connectivity index (χ4n) is 5.43. The predicted molar refractivity (Wildman–Crippen MR) is 184 cm³/mol. The highest BCUT2D eigenvalue weighted by Crippen LogP contribution is 2.56. The van der Waals surface area contributed by atoms with E-state index in [4.69, 9.17) is 9.47 Å². The zero-order valence-corrected chi connectivity index (χ0v) is 27.8. The third kappa shape index (κ3) is 7.64. The summed E-state index contributed by atoms with van der Waals surface area (Å²) in [5.74, 6) is 0.385. The van der Waals surface area contributed by atoms with Crippen molar-refractivity contribution in [2.45, 2.75) is 58.2 Å². The molecule has 0 spiro atoms. The summed E-state index contributed by atoms with van der Waals surface area (Å²) in [7, 11) is 1.65. The molecule has 1 aliphatic rings. The van der Waals surface area contributed by atoms with Gasteiger partial charge in [-0.1, -0.05) is 63.1 Å². The summed E-state index contributed by atoms with van der Waals surface area (Å²) >= 11 is 1.38. The highest BCUT2D eigenvalue weighted by atomic mass is 32.1. The number of hydrogen-bond donors (Lipinski definition) is 0. The van der Waals surface area contributed by atoms with Crippen LogP contribution in [0.2, 0.25) is 0 Å². The van der Waals surface area contributed by atoms with Gasteiger partial charge in [0.2, 0.25) is 0 Å². The van der Waals surface area contributed by atoms with E-state index in [1.807, 2.05) is 36.4 Å². The van der Waals surface area contributed by atoms with Gasteiger partial charge in [-0.3, -0.25) is 0 Å². The summed E-state index contributed by atoms with van der Waals surface area (Å²) in [5.41, 5.74) is -1.91. The number of benzene rings is 2. The second-order valence-corrected chi connectivity index (χ2v) is 12.3. The summed E-state index contributed by atoms with van der Waals surface area (Å²) < 4.78 is 56.3. The maximum atomic E-state index is 15.0. The number of alkyl halides is 3. The van der Waals surface area contributed by atoms with Crippen LogP contribution in [0.1, 0.15) is 67.3 Å². The van der Waals surface area contributed by atoms with E-state index in [-0.39, 0.29) is 28.0 Å². The van der Waals surface area contributed by atoms with E-state index in [0.717, 1.165) is 60.7 Å². The van der Waals surface area contributed by atoms with E-state index in [1.165, 1.54) is 48.6 Å². The lowest BCUT2D eigenvalue weighted by Crippen LogP contribution is -2.43. The molecule has 0 amide bonds. The van der Waals surface area contributed by atoms with Crippen LogP contribution in [-0.2, 0) is 10.3 Å². The fraction of sp³-hybridized carbons (Fsp3) is 0.316. The van der Waals surface area contributed by atoms with Gasteiger partial charge in [-0.15, -0.1) is 11.3 Å². The van der Waals surface area contributed by atoms with Crippen molar-refractivity contribution in [3.8, 4) is 17.9 Å². The van der Waals surface area contributed by atoms with E-state index in [2.05, 4.69) is 30.9 Å². The molecule has 0 bridgehead atoms. The molecule has 2 aromatic carbocycles. The molecule has 1 unspecified atom stereocenters. The lowest BCUT2D eigenvalue weighted by molar-refractivity contribution is -0.249. The molecule has 0 aliphatic carbocycles. The van der Waals surface area contributed by atoms with Crippen molar-refractivity contribution in [1.29, 1.82) is 10.5 Å². The van der Waals surface area contributed by atoms with Crippen LogP contribution < -0.4 is 9.64 Å². The number of halogens is 3. The highest BCUT2D eigenvalue weighted by Gasteiger charge is 2.65. The molecule has 244 valence electrons. The summed E-state index contributed by atoms with van der Waals surface area (Å²) in [6.45, 7) is 7.69. The number of nitrogens with zero attached hydrogens (tertiary/aromatic N) is 3. The maximum Gasteiger partial charge on any atom is 0.437 e. The molecule has 5 nitrogen and oxygen atoms in total. The summed E-state index contributed by atoms with van der Waals surface area (Å²) in [4.78, 5) is 3.96. The largest absolute Gasteiger partial charge is 0.496 e. The standard InChI is InChI=1S/C38H38F3N3O2S/c1-5-7-22-44(23-8-6-2)30-16-14-28(35(24-30)45-4)15-17-31-18-19-32(47-31)20-21-34-33(26-43)36(27(3)25-42)46-37(34,38(39,40)41)29-12-10-9-11-13-29/h9-21,24H,5-8,22-23H2,1-4H3/b17-15+,21-20+,36-27+. The zero-order valence-electron chi connectivity index (χ0n) is 27.0. The van der Waals surface area contributed by atoms with Gasteiger partial charge >= 0.3 is 6.18 Å². The second-order valence-electron chi connectivity index (χ2n) is 11.1. The smallest absolute Gasteiger partial charge is 0.437 e. The van der Waals surface area contributed by atoms with E-state index >= 15 is 13.2 Å². The first-order valence-corrected chi connectivity index (χ1v) is 16.4. The van der Waals surface area contributed by atoms with E-state index < -0.39 is 11.8 Å².